The van der Waals surface area contributed by atoms with Gasteiger partial charge in [-0.1, -0.05) is 6.58 Å². The van der Waals surface area contributed by atoms with Gasteiger partial charge < -0.3 is 24.5 Å². The molecule has 2 N–H and O–H groups in total. The van der Waals surface area contributed by atoms with E-state index in [1.165, 1.54) is 13.0 Å². The van der Waals surface area contributed by atoms with Crippen LogP contribution < -0.4 is 10.3 Å². The number of anilines is 1. The van der Waals surface area contributed by atoms with Crippen molar-refractivity contribution in [3.05, 3.63) is 52.3 Å². The summed E-state index contributed by atoms with van der Waals surface area (Å²) in [6.45, 7) is 6.62. The van der Waals surface area contributed by atoms with Crippen molar-refractivity contribution < 1.29 is 33.4 Å². The molecule has 2 aliphatic rings. The number of rotatable bonds is 4. The molecule has 158 valence electrons. The Labute approximate surface area is 169 Å². The molecule has 0 bridgehead atoms. The summed E-state index contributed by atoms with van der Waals surface area (Å²) in [6.07, 6.45) is 0.207. The number of carboxylic acids is 1. The summed E-state index contributed by atoms with van der Waals surface area (Å²) in [7, 11) is 0. The van der Waals surface area contributed by atoms with E-state index in [9.17, 15) is 18.8 Å². The number of aromatic amines is 1. The number of H-pyrrole nitrogens is 1. The molecule has 2 aromatic rings. The number of halogens is 1. The molecule has 4 rings (SSSR count). The lowest BCUT2D eigenvalue weighted by molar-refractivity contribution is -0.295. The Morgan fingerprint density at radius 1 is 1.30 bits per heavy atom. The number of piperazine rings is 1. The van der Waals surface area contributed by atoms with Gasteiger partial charge in [0, 0.05) is 44.7 Å². The van der Waals surface area contributed by atoms with Gasteiger partial charge in [-0.25, -0.2) is 18.8 Å². The third-order valence-corrected chi connectivity index (χ3v) is 5.05. The van der Waals surface area contributed by atoms with Gasteiger partial charge in [-0.2, -0.15) is 5.06 Å². The van der Waals surface area contributed by atoms with Gasteiger partial charge in [-0.05, 0) is 12.1 Å². The van der Waals surface area contributed by atoms with Crippen LogP contribution in [-0.4, -0.2) is 59.2 Å². The van der Waals surface area contributed by atoms with Crippen LogP contribution in [0.1, 0.15) is 17.3 Å². The second-order valence-corrected chi connectivity index (χ2v) is 7.02. The number of carbonyl (C=O) groups excluding carboxylic acids is 1. The summed E-state index contributed by atoms with van der Waals surface area (Å²) in [5, 5.41) is 10.6. The quantitative estimate of drug-likeness (QED) is 0.715. The minimum Gasteiger partial charge on any atom is -0.477 e. The molecule has 1 aromatic carbocycles. The van der Waals surface area contributed by atoms with Crippen molar-refractivity contribution >= 4 is 28.7 Å². The Balaban J connectivity index is 1.51. The van der Waals surface area contributed by atoms with Crippen LogP contribution in [-0.2, 0) is 14.3 Å². The minimum atomic E-state index is -1.42. The first-order valence-corrected chi connectivity index (χ1v) is 9.05. The Hall–Kier alpha value is -3.44. The summed E-state index contributed by atoms with van der Waals surface area (Å²) in [4.78, 5) is 44.8. The van der Waals surface area contributed by atoms with Crippen molar-refractivity contribution in [2.24, 2.45) is 0 Å². The smallest absolute Gasteiger partial charge is 0.477 e. The molecule has 2 fully saturated rings. The number of aromatic nitrogens is 1. The molecule has 0 amide bonds. The molecule has 1 unspecified atom stereocenters. The molecule has 30 heavy (non-hydrogen) atoms. The lowest BCUT2D eigenvalue weighted by Gasteiger charge is -2.37. The van der Waals surface area contributed by atoms with Crippen LogP contribution in [0.25, 0.3) is 10.9 Å². The number of pyridine rings is 1. The SMILES string of the molecule is C=C1OC(=O)OC1(C)ON1CCN(c2cc3[nH]cc(C(=O)O)c(=O)c3cc2F)CC1. The van der Waals surface area contributed by atoms with E-state index < -0.39 is 34.7 Å². The number of hydrogen-bond donors (Lipinski definition) is 2. The maximum atomic E-state index is 14.7. The van der Waals surface area contributed by atoms with Gasteiger partial charge in [0.05, 0.1) is 11.2 Å². The van der Waals surface area contributed by atoms with Crippen molar-refractivity contribution in [3.8, 4) is 0 Å². The van der Waals surface area contributed by atoms with Crippen molar-refractivity contribution in [1.82, 2.24) is 10.0 Å². The average molecular weight is 419 g/mol. The second kappa shape index (κ2) is 7.11. The van der Waals surface area contributed by atoms with E-state index in [0.29, 0.717) is 31.7 Å². The molecule has 2 aliphatic heterocycles. The summed E-state index contributed by atoms with van der Waals surface area (Å²) in [5.41, 5.74) is -0.597. The Kier molecular flexibility index (Phi) is 4.71. The highest BCUT2D eigenvalue weighted by atomic mass is 19.1. The zero-order chi connectivity index (χ0) is 21.6. The number of carbonyl (C=O) groups is 2. The van der Waals surface area contributed by atoms with Crippen LogP contribution >= 0.6 is 0 Å². The first-order chi connectivity index (χ1) is 14.2. The molecule has 1 atom stereocenters. The maximum absolute atomic E-state index is 14.7. The van der Waals surface area contributed by atoms with Gasteiger partial charge in [0.1, 0.15) is 11.4 Å². The number of benzene rings is 1. The fourth-order valence-corrected chi connectivity index (χ4v) is 3.40. The molecule has 0 saturated carbocycles. The number of cyclic esters (lactones) is 2. The number of hydroxylamine groups is 2. The zero-order valence-electron chi connectivity index (χ0n) is 15.9. The van der Waals surface area contributed by atoms with Crippen molar-refractivity contribution in [2.45, 2.75) is 12.7 Å². The third kappa shape index (κ3) is 3.37. The van der Waals surface area contributed by atoms with Gasteiger partial charge in [0.25, 0.3) is 5.79 Å². The average Bonchev–Trinajstić information content (AvgIpc) is 2.93. The Morgan fingerprint density at radius 3 is 2.60 bits per heavy atom. The van der Waals surface area contributed by atoms with Crippen LogP contribution in [0.2, 0.25) is 0 Å². The summed E-state index contributed by atoms with van der Waals surface area (Å²) >= 11 is 0. The first-order valence-electron chi connectivity index (χ1n) is 9.05. The van der Waals surface area contributed by atoms with Crippen LogP contribution in [0.3, 0.4) is 0 Å². The van der Waals surface area contributed by atoms with E-state index in [4.69, 9.17) is 19.4 Å². The molecule has 0 aliphatic carbocycles. The van der Waals surface area contributed by atoms with Gasteiger partial charge in [-0.15, -0.1) is 0 Å². The van der Waals surface area contributed by atoms with Crippen LogP contribution in [0.5, 0.6) is 0 Å². The van der Waals surface area contributed by atoms with E-state index in [2.05, 4.69) is 11.6 Å². The van der Waals surface area contributed by atoms with E-state index in [-0.39, 0.29) is 16.8 Å². The standard InChI is InChI=1S/C19H18FN3O7/c1-10-19(2,29-18(27)28-10)30-23-5-3-22(4-6-23)15-8-14-11(7-13(15)20)16(24)12(9-21-14)17(25)26/h7-9H,1,3-6H2,2H3,(H,21,24)(H,25,26). The predicted molar refractivity (Wildman–Crippen MR) is 101 cm³/mol. The number of fused-ring (bicyclic) bond motifs is 1. The molecular weight excluding hydrogens is 401 g/mol. The van der Waals surface area contributed by atoms with Gasteiger partial charge >= 0.3 is 12.1 Å². The van der Waals surface area contributed by atoms with E-state index in [0.717, 1.165) is 12.3 Å². The van der Waals surface area contributed by atoms with Gasteiger partial charge in [-0.3, -0.25) is 4.79 Å². The normalized spacial score (nSPS) is 22.3. The number of nitrogens with zero attached hydrogens (tertiary/aromatic N) is 2. The molecule has 0 radical (unpaired) electrons. The summed E-state index contributed by atoms with van der Waals surface area (Å²) < 4.78 is 24.5. The predicted octanol–water partition coefficient (Wildman–Crippen LogP) is 1.82. The molecule has 0 spiro atoms. The largest absolute Gasteiger partial charge is 0.516 e. The summed E-state index contributed by atoms with van der Waals surface area (Å²) in [5.74, 6) is -3.40. The fraction of sp³-hybridized carbons (Fsp3) is 0.316. The van der Waals surface area contributed by atoms with Gasteiger partial charge in [0.15, 0.2) is 5.76 Å². The highest BCUT2D eigenvalue weighted by Gasteiger charge is 2.46. The Morgan fingerprint density at radius 2 is 2.00 bits per heavy atom. The van der Waals surface area contributed by atoms with Gasteiger partial charge in [0.2, 0.25) is 5.43 Å². The Bertz CT molecular complexity index is 1120. The molecule has 10 nitrogen and oxygen atoms in total. The molecule has 1 aromatic heterocycles. The van der Waals surface area contributed by atoms with Crippen LogP contribution in [0.15, 0.2) is 35.5 Å². The minimum absolute atomic E-state index is 0.0346. The van der Waals surface area contributed by atoms with Crippen LogP contribution in [0, 0.1) is 5.82 Å². The van der Waals surface area contributed by atoms with Crippen molar-refractivity contribution in [3.63, 3.8) is 0 Å². The molecule has 11 heteroatoms. The van der Waals surface area contributed by atoms with E-state index in [1.807, 2.05) is 0 Å². The lowest BCUT2D eigenvalue weighted by Crippen LogP contribution is -2.50. The monoisotopic (exact) mass is 419 g/mol. The van der Waals surface area contributed by atoms with E-state index in [1.54, 1.807) is 9.96 Å². The maximum Gasteiger partial charge on any atom is 0.516 e. The second-order valence-electron chi connectivity index (χ2n) is 7.02. The molecular formula is C19H18FN3O7. The number of nitrogens with one attached hydrogen (secondary N) is 1. The number of ether oxygens (including phenoxy) is 2. The summed E-state index contributed by atoms with van der Waals surface area (Å²) in [6, 6.07) is 2.52. The van der Waals surface area contributed by atoms with Crippen molar-refractivity contribution in [1.29, 1.82) is 0 Å². The highest BCUT2D eigenvalue weighted by Crippen LogP contribution is 2.32. The molecule has 3 heterocycles. The van der Waals surface area contributed by atoms with Crippen molar-refractivity contribution in [2.75, 3.05) is 31.1 Å². The van der Waals surface area contributed by atoms with E-state index >= 15 is 0 Å². The lowest BCUT2D eigenvalue weighted by atomic mass is 10.1. The number of aromatic carboxylic acids is 1. The first kappa shape index (κ1) is 19.9. The number of hydrogen-bond acceptors (Lipinski definition) is 8. The number of carboxylic acid groups (broad SMARTS) is 1. The molecule has 2 saturated heterocycles. The zero-order valence-corrected chi connectivity index (χ0v) is 15.9. The topological polar surface area (TPSA) is 121 Å². The van der Waals surface area contributed by atoms with Crippen LogP contribution in [0.4, 0.5) is 14.9 Å². The third-order valence-electron chi connectivity index (χ3n) is 5.05. The fourth-order valence-electron chi connectivity index (χ4n) is 3.40. The highest BCUT2D eigenvalue weighted by molar-refractivity contribution is 5.93.